The van der Waals surface area contributed by atoms with Crippen molar-refractivity contribution in [2.24, 2.45) is 0 Å². The third kappa shape index (κ3) is 2.04. The van der Waals surface area contributed by atoms with Crippen LogP contribution in [-0.2, 0) is 18.7 Å². The summed E-state index contributed by atoms with van der Waals surface area (Å²) in [4.78, 5) is 9.34. The topological polar surface area (TPSA) is 30.7 Å². The number of imidazole rings is 1. The first-order chi connectivity index (χ1) is 10.3. The zero-order chi connectivity index (χ0) is 14.4. The molecule has 0 N–H and O–H groups in total. The highest BCUT2D eigenvalue weighted by Gasteiger charge is 2.26. The van der Waals surface area contributed by atoms with E-state index < -0.39 is 0 Å². The van der Waals surface area contributed by atoms with Gasteiger partial charge in [0.1, 0.15) is 11.3 Å². The maximum Gasteiger partial charge on any atom is 0.160 e. The van der Waals surface area contributed by atoms with Gasteiger partial charge < -0.3 is 4.57 Å². The highest BCUT2D eigenvalue weighted by molar-refractivity contribution is 6.16. The number of halogens is 1. The van der Waals surface area contributed by atoms with Crippen molar-refractivity contribution in [1.82, 2.24) is 14.5 Å². The molecule has 0 amide bonds. The average molecular weight is 298 g/mol. The van der Waals surface area contributed by atoms with Crippen LogP contribution in [0.25, 0.3) is 11.2 Å². The number of aryl methyl sites for hydroxylation is 1. The Hall–Kier alpha value is -1.87. The van der Waals surface area contributed by atoms with Crippen LogP contribution in [0.5, 0.6) is 0 Å². The highest BCUT2D eigenvalue weighted by Crippen LogP contribution is 2.33. The summed E-state index contributed by atoms with van der Waals surface area (Å²) in [5.41, 5.74) is 5.77. The molecule has 3 aromatic rings. The molecule has 0 saturated heterocycles. The van der Waals surface area contributed by atoms with Gasteiger partial charge in [0.05, 0.1) is 5.88 Å². The van der Waals surface area contributed by atoms with Crippen LogP contribution in [0, 0.1) is 6.92 Å². The summed E-state index contributed by atoms with van der Waals surface area (Å²) in [7, 11) is 0. The second-order valence-electron chi connectivity index (χ2n) is 5.66. The fourth-order valence-electron chi connectivity index (χ4n) is 3.31. The van der Waals surface area contributed by atoms with E-state index in [4.69, 9.17) is 16.6 Å². The summed E-state index contributed by atoms with van der Waals surface area (Å²) in [6, 6.07) is 13.1. The standard InChI is InChI=1S/C17H16ClN3/c1-11-6-7-15-17(19-11)21(16(10-18)20-15)14-8-12-4-2-3-5-13(12)9-14/h2-7,14H,8-10H2,1H3. The zero-order valence-electron chi connectivity index (χ0n) is 11.9. The van der Waals surface area contributed by atoms with Crippen LogP contribution in [0.4, 0.5) is 0 Å². The van der Waals surface area contributed by atoms with Crippen molar-refractivity contribution in [2.45, 2.75) is 31.7 Å². The summed E-state index contributed by atoms with van der Waals surface area (Å²) >= 11 is 6.12. The molecular weight excluding hydrogens is 282 g/mol. The number of alkyl halides is 1. The molecule has 1 aromatic carbocycles. The predicted octanol–water partition coefficient (Wildman–Crippen LogP) is 3.82. The molecule has 4 heteroatoms. The fraction of sp³-hybridized carbons (Fsp3) is 0.294. The van der Waals surface area contributed by atoms with E-state index in [9.17, 15) is 0 Å². The van der Waals surface area contributed by atoms with Crippen LogP contribution in [-0.4, -0.2) is 14.5 Å². The molecule has 21 heavy (non-hydrogen) atoms. The van der Waals surface area contributed by atoms with E-state index >= 15 is 0 Å². The molecule has 0 bridgehead atoms. The Labute approximate surface area is 128 Å². The lowest BCUT2D eigenvalue weighted by Gasteiger charge is -2.15. The van der Waals surface area contributed by atoms with Crippen LogP contribution in [0.1, 0.15) is 28.7 Å². The molecule has 3 nitrogen and oxygen atoms in total. The molecule has 1 aliphatic carbocycles. The van der Waals surface area contributed by atoms with E-state index in [2.05, 4.69) is 33.8 Å². The summed E-state index contributed by atoms with van der Waals surface area (Å²) in [5.74, 6) is 1.34. The van der Waals surface area contributed by atoms with Gasteiger partial charge in [0.2, 0.25) is 0 Å². The quantitative estimate of drug-likeness (QED) is 0.673. The molecule has 0 saturated carbocycles. The zero-order valence-corrected chi connectivity index (χ0v) is 12.6. The van der Waals surface area contributed by atoms with Crippen LogP contribution >= 0.6 is 11.6 Å². The minimum atomic E-state index is 0.371. The van der Waals surface area contributed by atoms with Crippen molar-refractivity contribution in [2.75, 3.05) is 0 Å². The Morgan fingerprint density at radius 1 is 1.10 bits per heavy atom. The Balaban J connectivity index is 1.85. The second-order valence-corrected chi connectivity index (χ2v) is 5.93. The van der Waals surface area contributed by atoms with E-state index in [1.807, 2.05) is 19.1 Å². The minimum absolute atomic E-state index is 0.371. The first kappa shape index (κ1) is 12.8. The van der Waals surface area contributed by atoms with Crippen molar-refractivity contribution in [3.63, 3.8) is 0 Å². The number of fused-ring (bicyclic) bond motifs is 2. The van der Waals surface area contributed by atoms with Crippen LogP contribution in [0.2, 0.25) is 0 Å². The molecule has 2 aromatic heterocycles. The van der Waals surface area contributed by atoms with E-state index in [0.29, 0.717) is 11.9 Å². The summed E-state index contributed by atoms with van der Waals surface area (Å²) in [5, 5.41) is 0. The van der Waals surface area contributed by atoms with Crippen LogP contribution in [0.15, 0.2) is 36.4 Å². The van der Waals surface area contributed by atoms with E-state index in [1.165, 1.54) is 11.1 Å². The number of hydrogen-bond acceptors (Lipinski definition) is 2. The molecule has 0 atom stereocenters. The minimum Gasteiger partial charge on any atom is -0.308 e. The van der Waals surface area contributed by atoms with Gasteiger partial charge in [0.15, 0.2) is 5.65 Å². The number of pyridine rings is 1. The third-order valence-electron chi connectivity index (χ3n) is 4.26. The first-order valence-electron chi connectivity index (χ1n) is 7.23. The molecule has 0 radical (unpaired) electrons. The Bertz CT molecular complexity index is 797. The lowest BCUT2D eigenvalue weighted by molar-refractivity contribution is 0.525. The molecule has 1 aliphatic rings. The van der Waals surface area contributed by atoms with Crippen molar-refractivity contribution in [3.8, 4) is 0 Å². The normalized spacial score (nSPS) is 14.8. The third-order valence-corrected chi connectivity index (χ3v) is 4.50. The molecule has 0 spiro atoms. The number of benzene rings is 1. The maximum atomic E-state index is 6.12. The summed E-state index contributed by atoms with van der Waals surface area (Å²) in [6.07, 6.45) is 2.06. The van der Waals surface area contributed by atoms with Gasteiger partial charge in [0, 0.05) is 11.7 Å². The largest absolute Gasteiger partial charge is 0.308 e. The van der Waals surface area contributed by atoms with Crippen molar-refractivity contribution < 1.29 is 0 Å². The molecular formula is C17H16ClN3. The molecule has 0 fully saturated rings. The van der Waals surface area contributed by atoms with Gasteiger partial charge in [-0.25, -0.2) is 9.97 Å². The van der Waals surface area contributed by atoms with Gasteiger partial charge in [-0.05, 0) is 43.0 Å². The van der Waals surface area contributed by atoms with Crippen molar-refractivity contribution >= 4 is 22.8 Å². The molecule has 0 unspecified atom stereocenters. The average Bonchev–Trinajstić information content (AvgIpc) is 3.06. The monoisotopic (exact) mass is 297 g/mol. The fourth-order valence-corrected chi connectivity index (χ4v) is 3.50. The van der Waals surface area contributed by atoms with Gasteiger partial charge in [0.25, 0.3) is 0 Å². The van der Waals surface area contributed by atoms with E-state index in [0.717, 1.165) is 35.5 Å². The molecule has 106 valence electrons. The van der Waals surface area contributed by atoms with Gasteiger partial charge in [-0.1, -0.05) is 24.3 Å². The molecule has 0 aliphatic heterocycles. The highest BCUT2D eigenvalue weighted by atomic mass is 35.5. The van der Waals surface area contributed by atoms with Crippen LogP contribution < -0.4 is 0 Å². The Morgan fingerprint density at radius 3 is 2.48 bits per heavy atom. The first-order valence-corrected chi connectivity index (χ1v) is 7.77. The van der Waals surface area contributed by atoms with Crippen LogP contribution in [0.3, 0.4) is 0 Å². The number of rotatable bonds is 2. The van der Waals surface area contributed by atoms with Gasteiger partial charge in [-0.15, -0.1) is 11.6 Å². The lowest BCUT2D eigenvalue weighted by Crippen LogP contribution is -2.12. The predicted molar refractivity (Wildman–Crippen MR) is 84.7 cm³/mol. The second kappa shape index (κ2) is 4.85. The number of hydrogen-bond donors (Lipinski definition) is 0. The van der Waals surface area contributed by atoms with E-state index in [1.54, 1.807) is 0 Å². The van der Waals surface area contributed by atoms with Crippen molar-refractivity contribution in [1.29, 1.82) is 0 Å². The molecule has 2 heterocycles. The van der Waals surface area contributed by atoms with Gasteiger partial charge in [-0.3, -0.25) is 0 Å². The van der Waals surface area contributed by atoms with Crippen molar-refractivity contribution in [3.05, 3.63) is 59.0 Å². The lowest BCUT2D eigenvalue weighted by atomic mass is 10.1. The van der Waals surface area contributed by atoms with Gasteiger partial charge in [-0.2, -0.15) is 0 Å². The Morgan fingerprint density at radius 2 is 1.81 bits per heavy atom. The van der Waals surface area contributed by atoms with E-state index in [-0.39, 0.29) is 0 Å². The summed E-state index contributed by atoms with van der Waals surface area (Å²) in [6.45, 7) is 2.01. The SMILES string of the molecule is Cc1ccc2nc(CCl)n(C3Cc4ccccc4C3)c2n1. The maximum absolute atomic E-state index is 6.12. The number of aromatic nitrogens is 3. The smallest absolute Gasteiger partial charge is 0.160 e. The summed E-state index contributed by atoms with van der Waals surface area (Å²) < 4.78 is 2.25. The Kier molecular flexibility index (Phi) is 2.96. The molecule has 4 rings (SSSR count). The number of nitrogens with zero attached hydrogens (tertiary/aromatic N) is 3. The van der Waals surface area contributed by atoms with Gasteiger partial charge >= 0.3 is 0 Å².